The molecule has 1 amide bonds. The predicted molar refractivity (Wildman–Crippen MR) is 112 cm³/mol. The number of nitrogens with two attached hydrogens (primary N) is 1. The van der Waals surface area contributed by atoms with E-state index in [2.05, 4.69) is 10.4 Å². The second kappa shape index (κ2) is 8.52. The van der Waals surface area contributed by atoms with E-state index in [1.807, 2.05) is 30.3 Å². The number of carbonyl (C=O) groups is 1. The van der Waals surface area contributed by atoms with Gasteiger partial charge in [0.15, 0.2) is 5.76 Å². The van der Waals surface area contributed by atoms with Crippen LogP contribution in [0.3, 0.4) is 0 Å². The zero-order valence-electron chi connectivity index (χ0n) is 15.8. The molecular weight excluding hydrogens is 407 g/mol. The number of rotatable bonds is 6. The summed E-state index contributed by atoms with van der Waals surface area (Å²) in [6, 6.07) is 17.9. The Morgan fingerprint density at radius 1 is 1.17 bits per heavy atom. The van der Waals surface area contributed by atoms with Crippen molar-refractivity contribution in [3.05, 3.63) is 95.1 Å². The summed E-state index contributed by atoms with van der Waals surface area (Å²) in [5.74, 6) is -0.309. The summed E-state index contributed by atoms with van der Waals surface area (Å²) in [6.07, 6.45) is 1.54. The largest absolute Gasteiger partial charge is 0.463 e. The van der Waals surface area contributed by atoms with Gasteiger partial charge in [-0.1, -0.05) is 29.8 Å². The first kappa shape index (κ1) is 19.9. The molecule has 0 aliphatic heterocycles. The Hall–Kier alpha value is -3.42. The lowest BCUT2D eigenvalue weighted by molar-refractivity contribution is 0.0943. The molecule has 1 atom stereocenters. The summed E-state index contributed by atoms with van der Waals surface area (Å²) >= 11 is 5.89. The Labute approximate surface area is 177 Å². The number of carbonyl (C=O) groups excluding carboxylic acids is 1. The maximum absolute atomic E-state index is 13.6. The molecule has 0 radical (unpaired) electrons. The van der Waals surface area contributed by atoms with Crippen molar-refractivity contribution in [3.63, 3.8) is 0 Å². The van der Waals surface area contributed by atoms with Crippen molar-refractivity contribution in [1.29, 1.82) is 0 Å². The topological polar surface area (TPSA) is 86.1 Å². The van der Waals surface area contributed by atoms with Crippen LogP contribution >= 0.6 is 11.6 Å². The smallest absolute Gasteiger partial charge is 0.270 e. The molecule has 152 valence electrons. The third-order valence-electron chi connectivity index (χ3n) is 4.51. The van der Waals surface area contributed by atoms with Gasteiger partial charge in [-0.05, 0) is 48.0 Å². The average Bonchev–Trinajstić information content (AvgIpc) is 3.41. The van der Waals surface area contributed by atoms with Crippen LogP contribution < -0.4 is 11.1 Å². The number of nitrogens with zero attached hydrogens (tertiary/aromatic N) is 2. The maximum Gasteiger partial charge on any atom is 0.270 e. The number of halogens is 2. The minimum Gasteiger partial charge on any atom is -0.463 e. The van der Waals surface area contributed by atoms with Gasteiger partial charge in [-0.2, -0.15) is 5.10 Å². The summed E-state index contributed by atoms with van der Waals surface area (Å²) in [5, 5.41) is 7.55. The van der Waals surface area contributed by atoms with Crippen molar-refractivity contribution in [2.24, 2.45) is 5.73 Å². The van der Waals surface area contributed by atoms with Crippen LogP contribution in [0.1, 0.15) is 22.1 Å². The van der Waals surface area contributed by atoms with Crippen LogP contribution in [0.2, 0.25) is 5.02 Å². The fraction of sp³-hybridized carbons (Fsp3) is 0.0909. The van der Waals surface area contributed by atoms with Crippen LogP contribution in [0.25, 0.3) is 17.1 Å². The van der Waals surface area contributed by atoms with Gasteiger partial charge in [0.25, 0.3) is 5.91 Å². The van der Waals surface area contributed by atoms with Gasteiger partial charge in [-0.25, -0.2) is 9.07 Å². The normalized spacial score (nSPS) is 12.0. The number of amides is 1. The molecule has 0 saturated heterocycles. The summed E-state index contributed by atoms with van der Waals surface area (Å²) in [7, 11) is 0. The third kappa shape index (κ3) is 4.27. The Balaban J connectivity index is 1.58. The number of hydrogen-bond donors (Lipinski definition) is 2. The summed E-state index contributed by atoms with van der Waals surface area (Å²) in [5.41, 5.74) is 8.17. The van der Waals surface area contributed by atoms with E-state index in [1.165, 1.54) is 16.8 Å². The molecule has 6 nitrogen and oxygen atoms in total. The van der Waals surface area contributed by atoms with Gasteiger partial charge < -0.3 is 15.5 Å². The van der Waals surface area contributed by atoms with Crippen molar-refractivity contribution >= 4 is 17.5 Å². The van der Waals surface area contributed by atoms with Crippen LogP contribution in [0.5, 0.6) is 0 Å². The lowest BCUT2D eigenvalue weighted by Crippen LogP contribution is -2.33. The Bertz CT molecular complexity index is 1140. The zero-order valence-corrected chi connectivity index (χ0v) is 16.5. The number of furan rings is 1. The molecule has 0 fully saturated rings. The van der Waals surface area contributed by atoms with Crippen LogP contribution in [-0.4, -0.2) is 22.2 Å². The lowest BCUT2D eigenvalue weighted by atomic mass is 10.1. The fourth-order valence-electron chi connectivity index (χ4n) is 3.05. The number of aromatic nitrogens is 2. The van der Waals surface area contributed by atoms with Crippen LogP contribution in [0.15, 0.2) is 77.4 Å². The molecule has 1 unspecified atom stereocenters. The van der Waals surface area contributed by atoms with Crippen LogP contribution in [0.4, 0.5) is 4.39 Å². The number of hydrogen-bond acceptors (Lipinski definition) is 4. The van der Waals surface area contributed by atoms with Gasteiger partial charge in [0.05, 0.1) is 12.0 Å². The molecular formula is C22H18ClFN4O2. The highest BCUT2D eigenvalue weighted by molar-refractivity contribution is 6.30. The highest BCUT2D eigenvalue weighted by Gasteiger charge is 2.19. The zero-order chi connectivity index (χ0) is 21.1. The number of para-hydroxylation sites is 1. The summed E-state index contributed by atoms with van der Waals surface area (Å²) < 4.78 is 20.5. The summed E-state index contributed by atoms with van der Waals surface area (Å²) in [6.45, 7) is 0.0919. The van der Waals surface area contributed by atoms with E-state index < -0.39 is 11.9 Å². The third-order valence-corrected chi connectivity index (χ3v) is 4.73. The van der Waals surface area contributed by atoms with Gasteiger partial charge >= 0.3 is 0 Å². The molecule has 0 saturated carbocycles. The molecule has 8 heteroatoms. The first-order valence-corrected chi connectivity index (χ1v) is 9.58. The molecule has 0 aliphatic rings. The van der Waals surface area contributed by atoms with Gasteiger partial charge in [0, 0.05) is 23.7 Å². The van der Waals surface area contributed by atoms with E-state index in [1.54, 1.807) is 30.5 Å². The summed E-state index contributed by atoms with van der Waals surface area (Å²) in [4.78, 5) is 12.9. The van der Waals surface area contributed by atoms with E-state index in [0.717, 1.165) is 5.69 Å². The number of nitrogens with one attached hydrogen (secondary N) is 1. The first-order chi connectivity index (χ1) is 14.5. The molecule has 0 bridgehead atoms. The predicted octanol–water partition coefficient (Wildman–Crippen LogP) is 4.35. The van der Waals surface area contributed by atoms with E-state index >= 15 is 0 Å². The van der Waals surface area contributed by atoms with E-state index in [0.29, 0.717) is 22.7 Å². The second-order valence-corrected chi connectivity index (χ2v) is 7.10. The van der Waals surface area contributed by atoms with Crippen LogP contribution in [-0.2, 0) is 0 Å². The Morgan fingerprint density at radius 2 is 1.97 bits per heavy atom. The number of benzene rings is 2. The van der Waals surface area contributed by atoms with Crippen LogP contribution in [0, 0.1) is 5.82 Å². The molecule has 3 N–H and O–H groups in total. The highest BCUT2D eigenvalue weighted by atomic mass is 35.5. The van der Waals surface area contributed by atoms with Gasteiger partial charge in [0.2, 0.25) is 0 Å². The molecule has 4 rings (SSSR count). The fourth-order valence-corrected chi connectivity index (χ4v) is 3.28. The molecule has 0 spiro atoms. The molecule has 4 aromatic rings. The Morgan fingerprint density at radius 3 is 2.67 bits per heavy atom. The van der Waals surface area contributed by atoms with Gasteiger partial charge in [-0.15, -0.1) is 0 Å². The molecule has 0 aliphatic carbocycles. The molecule has 2 aromatic carbocycles. The maximum atomic E-state index is 13.6. The first-order valence-electron chi connectivity index (χ1n) is 9.20. The van der Waals surface area contributed by atoms with Gasteiger partial charge in [-0.3, -0.25) is 4.79 Å². The Kier molecular flexibility index (Phi) is 5.65. The highest BCUT2D eigenvalue weighted by Crippen LogP contribution is 2.23. The molecule has 2 heterocycles. The second-order valence-electron chi connectivity index (χ2n) is 6.66. The van der Waals surface area contributed by atoms with E-state index in [4.69, 9.17) is 21.8 Å². The quantitative estimate of drug-likeness (QED) is 0.481. The van der Waals surface area contributed by atoms with Gasteiger partial charge in [0.1, 0.15) is 17.2 Å². The SMILES string of the molecule is NC(CNC(=O)c1cc(-c2ccco2)nn1-c1ccccc1)c1cc(F)cc(Cl)c1. The minimum atomic E-state index is -0.625. The van der Waals surface area contributed by atoms with Crippen molar-refractivity contribution in [2.45, 2.75) is 6.04 Å². The average molecular weight is 425 g/mol. The molecule has 30 heavy (non-hydrogen) atoms. The lowest BCUT2D eigenvalue weighted by Gasteiger charge is -2.14. The van der Waals surface area contributed by atoms with Crippen molar-refractivity contribution in [3.8, 4) is 17.1 Å². The van der Waals surface area contributed by atoms with Crippen molar-refractivity contribution in [1.82, 2.24) is 15.1 Å². The van der Waals surface area contributed by atoms with Crippen molar-refractivity contribution < 1.29 is 13.6 Å². The minimum absolute atomic E-state index is 0.0919. The van der Waals surface area contributed by atoms with Crippen molar-refractivity contribution in [2.75, 3.05) is 6.54 Å². The van der Waals surface area contributed by atoms with E-state index in [-0.39, 0.29) is 17.5 Å². The molecule has 2 aromatic heterocycles. The monoisotopic (exact) mass is 424 g/mol. The standard InChI is InChI=1S/C22H18ClFN4O2/c23-15-9-14(10-16(24)11-15)18(25)13-26-22(29)20-12-19(21-7-4-8-30-21)27-28(20)17-5-2-1-3-6-17/h1-12,18H,13,25H2,(H,26,29). The van der Waals surface area contributed by atoms with E-state index in [9.17, 15) is 9.18 Å².